The van der Waals surface area contributed by atoms with Crippen molar-refractivity contribution < 1.29 is 9.53 Å². The molecule has 5 nitrogen and oxygen atoms in total. The quantitative estimate of drug-likeness (QED) is 0.799. The third kappa shape index (κ3) is 4.72. The van der Waals surface area contributed by atoms with Gasteiger partial charge in [-0.3, -0.25) is 4.79 Å². The van der Waals surface area contributed by atoms with Crippen molar-refractivity contribution in [3.8, 4) is 5.88 Å². The van der Waals surface area contributed by atoms with Gasteiger partial charge in [0.15, 0.2) is 0 Å². The van der Waals surface area contributed by atoms with Gasteiger partial charge in [0.25, 0.3) is 5.91 Å². The molecule has 0 aliphatic rings. The minimum Gasteiger partial charge on any atom is -0.481 e. The van der Waals surface area contributed by atoms with Gasteiger partial charge < -0.3 is 15.4 Å². The topological polar surface area (TPSA) is 63.2 Å². The molecule has 0 aliphatic carbocycles. The van der Waals surface area contributed by atoms with Crippen LogP contribution in [0.5, 0.6) is 5.88 Å². The molecule has 0 aliphatic heterocycles. The number of likely N-dealkylation sites (N-methyl/N-ethyl adjacent to an activating group) is 1. The zero-order valence-electron chi connectivity index (χ0n) is 13.0. The van der Waals surface area contributed by atoms with Crippen molar-refractivity contribution in [3.05, 3.63) is 64.9 Å². The van der Waals surface area contributed by atoms with Crippen LogP contribution in [-0.2, 0) is 11.3 Å². The zero-order valence-corrected chi connectivity index (χ0v) is 13.7. The van der Waals surface area contributed by atoms with E-state index in [1.54, 1.807) is 38.7 Å². The molecule has 1 aromatic heterocycles. The first kappa shape index (κ1) is 16.8. The number of aromatic nitrogens is 1. The number of ether oxygens (including phenoxy) is 1. The SMILES string of the molecule is CNC(=O)/C(=C\NCc1ccc(Cl)cc1)c1ccc(OC)nc1. The highest BCUT2D eigenvalue weighted by molar-refractivity contribution is 6.30. The van der Waals surface area contributed by atoms with Crippen molar-refractivity contribution in [2.45, 2.75) is 6.54 Å². The Morgan fingerprint density at radius 2 is 2.00 bits per heavy atom. The van der Waals surface area contributed by atoms with E-state index in [1.807, 2.05) is 24.3 Å². The van der Waals surface area contributed by atoms with E-state index in [9.17, 15) is 4.79 Å². The summed E-state index contributed by atoms with van der Waals surface area (Å²) in [6.07, 6.45) is 3.28. The van der Waals surface area contributed by atoms with Crippen LogP contribution in [0, 0.1) is 0 Å². The van der Waals surface area contributed by atoms with Gasteiger partial charge in [-0.05, 0) is 23.8 Å². The van der Waals surface area contributed by atoms with Gasteiger partial charge in [-0.25, -0.2) is 4.98 Å². The molecular formula is C17H18ClN3O2. The summed E-state index contributed by atoms with van der Waals surface area (Å²) in [4.78, 5) is 16.2. The molecule has 2 rings (SSSR count). The van der Waals surface area contributed by atoms with E-state index in [-0.39, 0.29) is 5.91 Å². The van der Waals surface area contributed by atoms with Crippen molar-refractivity contribution in [3.63, 3.8) is 0 Å². The number of hydrogen-bond donors (Lipinski definition) is 2. The van der Waals surface area contributed by atoms with Gasteiger partial charge in [0.2, 0.25) is 5.88 Å². The first-order valence-corrected chi connectivity index (χ1v) is 7.42. The van der Waals surface area contributed by atoms with Gasteiger partial charge in [0, 0.05) is 42.6 Å². The van der Waals surface area contributed by atoms with Gasteiger partial charge in [-0.1, -0.05) is 23.7 Å². The minimum absolute atomic E-state index is 0.194. The highest BCUT2D eigenvalue weighted by Crippen LogP contribution is 2.16. The van der Waals surface area contributed by atoms with Gasteiger partial charge in [-0.2, -0.15) is 0 Å². The van der Waals surface area contributed by atoms with E-state index in [0.29, 0.717) is 28.6 Å². The second kappa shape index (κ2) is 8.19. The first-order chi connectivity index (χ1) is 11.1. The number of amides is 1. The van der Waals surface area contributed by atoms with Crippen molar-refractivity contribution in [1.82, 2.24) is 15.6 Å². The summed E-state index contributed by atoms with van der Waals surface area (Å²) in [7, 11) is 3.14. The van der Waals surface area contributed by atoms with E-state index in [1.165, 1.54) is 0 Å². The average molecular weight is 332 g/mol. The van der Waals surface area contributed by atoms with Gasteiger partial charge in [0.1, 0.15) is 0 Å². The number of carbonyl (C=O) groups excluding carboxylic acids is 1. The smallest absolute Gasteiger partial charge is 0.253 e. The standard InChI is InChI=1S/C17H18ClN3O2/c1-19-17(22)15(13-5-8-16(23-2)21-10-13)11-20-9-12-3-6-14(18)7-4-12/h3-8,10-11,20H,9H2,1-2H3,(H,19,22)/b15-11-. The number of nitrogens with one attached hydrogen (secondary N) is 2. The lowest BCUT2D eigenvalue weighted by Gasteiger charge is -2.08. The fourth-order valence-electron chi connectivity index (χ4n) is 1.95. The Hall–Kier alpha value is -2.53. The number of methoxy groups -OCH3 is 1. The minimum atomic E-state index is -0.194. The van der Waals surface area contributed by atoms with E-state index >= 15 is 0 Å². The average Bonchev–Trinajstić information content (AvgIpc) is 2.60. The van der Waals surface area contributed by atoms with Crippen LogP contribution in [0.3, 0.4) is 0 Å². The molecule has 0 fully saturated rings. The van der Waals surface area contributed by atoms with Crippen LogP contribution in [0.25, 0.3) is 5.57 Å². The molecule has 0 bridgehead atoms. The number of pyridine rings is 1. The number of halogens is 1. The molecule has 120 valence electrons. The van der Waals surface area contributed by atoms with E-state index < -0.39 is 0 Å². The van der Waals surface area contributed by atoms with Crippen LogP contribution in [0.4, 0.5) is 0 Å². The monoisotopic (exact) mass is 331 g/mol. The van der Waals surface area contributed by atoms with Crippen LogP contribution in [0.2, 0.25) is 5.02 Å². The lowest BCUT2D eigenvalue weighted by atomic mass is 10.1. The molecule has 0 atom stereocenters. The summed E-state index contributed by atoms with van der Waals surface area (Å²) < 4.78 is 5.03. The van der Waals surface area contributed by atoms with Crippen LogP contribution < -0.4 is 15.4 Å². The van der Waals surface area contributed by atoms with Crippen LogP contribution in [-0.4, -0.2) is 25.0 Å². The first-order valence-electron chi connectivity index (χ1n) is 7.04. The lowest BCUT2D eigenvalue weighted by Crippen LogP contribution is -2.21. The Bertz CT molecular complexity index is 682. The molecule has 0 spiro atoms. The van der Waals surface area contributed by atoms with Crippen molar-refractivity contribution in [2.24, 2.45) is 0 Å². The molecule has 0 saturated carbocycles. The highest BCUT2D eigenvalue weighted by Gasteiger charge is 2.11. The molecule has 0 radical (unpaired) electrons. The Balaban J connectivity index is 2.13. The summed E-state index contributed by atoms with van der Waals surface area (Å²) in [5, 5.41) is 6.46. The number of nitrogens with zero attached hydrogens (tertiary/aromatic N) is 1. The second-order valence-corrected chi connectivity index (χ2v) is 5.17. The van der Waals surface area contributed by atoms with Crippen LogP contribution in [0.15, 0.2) is 48.8 Å². The fourth-order valence-corrected chi connectivity index (χ4v) is 2.07. The number of rotatable bonds is 6. The molecule has 1 amide bonds. The molecule has 2 N–H and O–H groups in total. The van der Waals surface area contributed by atoms with E-state index in [0.717, 1.165) is 5.56 Å². The van der Waals surface area contributed by atoms with Crippen molar-refractivity contribution in [1.29, 1.82) is 0 Å². The summed E-state index contributed by atoms with van der Waals surface area (Å²) >= 11 is 5.86. The number of hydrogen-bond acceptors (Lipinski definition) is 4. The van der Waals surface area contributed by atoms with Crippen LogP contribution >= 0.6 is 11.6 Å². The Morgan fingerprint density at radius 3 is 2.57 bits per heavy atom. The highest BCUT2D eigenvalue weighted by atomic mass is 35.5. The molecule has 0 saturated heterocycles. The Kier molecular flexibility index (Phi) is 6.00. The van der Waals surface area contributed by atoms with Crippen molar-refractivity contribution >= 4 is 23.1 Å². The maximum absolute atomic E-state index is 12.1. The second-order valence-electron chi connectivity index (χ2n) is 4.73. The maximum Gasteiger partial charge on any atom is 0.253 e. The Morgan fingerprint density at radius 1 is 1.26 bits per heavy atom. The maximum atomic E-state index is 12.1. The van der Waals surface area contributed by atoms with Gasteiger partial charge in [-0.15, -0.1) is 0 Å². The fraction of sp³-hybridized carbons (Fsp3) is 0.176. The largest absolute Gasteiger partial charge is 0.481 e. The molecule has 0 unspecified atom stereocenters. The molecule has 1 heterocycles. The predicted molar refractivity (Wildman–Crippen MR) is 91.1 cm³/mol. The van der Waals surface area contributed by atoms with Gasteiger partial charge in [0.05, 0.1) is 12.7 Å². The summed E-state index contributed by atoms with van der Waals surface area (Å²) in [6.45, 7) is 0.585. The van der Waals surface area contributed by atoms with E-state index in [4.69, 9.17) is 16.3 Å². The molecule has 23 heavy (non-hydrogen) atoms. The summed E-state index contributed by atoms with van der Waals surface area (Å²) in [6, 6.07) is 11.0. The third-order valence-corrected chi connectivity index (χ3v) is 3.45. The molecule has 6 heteroatoms. The van der Waals surface area contributed by atoms with Crippen molar-refractivity contribution in [2.75, 3.05) is 14.2 Å². The third-order valence-electron chi connectivity index (χ3n) is 3.19. The van der Waals surface area contributed by atoms with Gasteiger partial charge >= 0.3 is 0 Å². The normalized spacial score (nSPS) is 11.0. The number of benzene rings is 1. The summed E-state index contributed by atoms with van der Waals surface area (Å²) in [5.74, 6) is 0.305. The Labute approximate surface area is 140 Å². The lowest BCUT2D eigenvalue weighted by molar-refractivity contribution is -0.115. The molecule has 1 aromatic carbocycles. The number of carbonyl (C=O) groups is 1. The van der Waals surface area contributed by atoms with E-state index in [2.05, 4.69) is 15.6 Å². The zero-order chi connectivity index (χ0) is 16.7. The molecular weight excluding hydrogens is 314 g/mol. The summed E-state index contributed by atoms with van der Waals surface area (Å²) in [5.41, 5.74) is 2.26. The molecule has 2 aromatic rings. The van der Waals surface area contributed by atoms with Crippen LogP contribution in [0.1, 0.15) is 11.1 Å². The predicted octanol–water partition coefficient (Wildman–Crippen LogP) is 2.62.